The minimum Gasteiger partial charge on any atom is -0.492 e. The van der Waals surface area contributed by atoms with E-state index in [0.29, 0.717) is 35.7 Å². The van der Waals surface area contributed by atoms with Gasteiger partial charge in [0, 0.05) is 0 Å². The highest BCUT2D eigenvalue weighted by Crippen LogP contribution is 2.26. The fraction of sp³-hybridized carbons (Fsp3) is 0.350. The van der Waals surface area contributed by atoms with Crippen LogP contribution in [0.2, 0.25) is 5.02 Å². The van der Waals surface area contributed by atoms with Gasteiger partial charge in [-0.15, -0.1) is 0 Å². The molecule has 0 radical (unpaired) electrons. The Morgan fingerprint density at radius 3 is 2.36 bits per heavy atom. The van der Waals surface area contributed by atoms with Crippen LogP contribution in [0.3, 0.4) is 0 Å². The first-order valence-electron chi connectivity index (χ1n) is 8.29. The van der Waals surface area contributed by atoms with E-state index in [1.807, 2.05) is 18.2 Å². The highest BCUT2D eigenvalue weighted by Gasteiger charge is 2.05. The summed E-state index contributed by atoms with van der Waals surface area (Å²) in [5, 5.41) is 9.33. The lowest BCUT2D eigenvalue weighted by molar-refractivity contribution is -0.136. The van der Waals surface area contributed by atoms with Gasteiger partial charge in [0.05, 0.1) is 18.1 Å². The summed E-state index contributed by atoms with van der Waals surface area (Å²) < 4.78 is 11.4. The van der Waals surface area contributed by atoms with E-state index in [-0.39, 0.29) is 6.42 Å². The third kappa shape index (κ3) is 6.67. The average Bonchev–Trinajstić information content (AvgIpc) is 2.55. The maximum atomic E-state index is 10.7. The smallest absolute Gasteiger partial charge is 0.307 e. The van der Waals surface area contributed by atoms with Crippen molar-refractivity contribution in [3.05, 3.63) is 58.6 Å². The molecule has 0 bridgehead atoms. The molecule has 0 aliphatic rings. The van der Waals surface area contributed by atoms with E-state index >= 15 is 0 Å². The first-order chi connectivity index (χ1) is 11.9. The number of halogens is 1. The lowest BCUT2D eigenvalue weighted by Gasteiger charge is -2.11. The molecule has 0 amide bonds. The summed E-state index contributed by atoms with van der Waals surface area (Å²) in [5.41, 5.74) is 1.68. The highest BCUT2D eigenvalue weighted by atomic mass is 35.5. The molecule has 0 saturated heterocycles. The van der Waals surface area contributed by atoms with E-state index in [1.54, 1.807) is 24.3 Å². The lowest BCUT2D eigenvalue weighted by atomic mass is 10.1. The van der Waals surface area contributed by atoms with Crippen LogP contribution in [0.4, 0.5) is 0 Å². The second-order valence-corrected chi connectivity index (χ2v) is 6.71. The van der Waals surface area contributed by atoms with E-state index in [4.69, 9.17) is 26.2 Å². The second kappa shape index (κ2) is 9.33. The standard InChI is InChI=1S/C20H23ClO4/c1-14(2)9-10-24-19-8-5-16(11-18(19)21)13-25-17-6-3-15(4-7-17)12-20(22)23/h3-8,11,14H,9-10,12-13H2,1-2H3,(H,22,23). The zero-order chi connectivity index (χ0) is 18.2. The summed E-state index contributed by atoms with van der Waals surface area (Å²) >= 11 is 6.26. The fourth-order valence-electron chi connectivity index (χ4n) is 2.20. The van der Waals surface area contributed by atoms with Crippen LogP contribution in [-0.4, -0.2) is 17.7 Å². The molecule has 2 aromatic carbocycles. The molecule has 0 aliphatic carbocycles. The van der Waals surface area contributed by atoms with Crippen molar-refractivity contribution in [3.8, 4) is 11.5 Å². The fourth-order valence-corrected chi connectivity index (χ4v) is 2.46. The summed E-state index contributed by atoms with van der Waals surface area (Å²) in [4.78, 5) is 10.7. The first kappa shape index (κ1) is 19.1. The van der Waals surface area contributed by atoms with Crippen molar-refractivity contribution in [1.29, 1.82) is 0 Å². The summed E-state index contributed by atoms with van der Waals surface area (Å²) in [6.07, 6.45) is 0.993. The molecule has 0 heterocycles. The van der Waals surface area contributed by atoms with Crippen LogP contribution in [0.5, 0.6) is 11.5 Å². The number of carboxylic acids is 1. The summed E-state index contributed by atoms with van der Waals surface area (Å²) in [6, 6.07) is 12.7. The number of hydrogen-bond donors (Lipinski definition) is 1. The Labute approximate surface area is 153 Å². The Morgan fingerprint density at radius 2 is 1.76 bits per heavy atom. The molecule has 0 unspecified atom stereocenters. The van der Waals surface area contributed by atoms with Crippen LogP contribution in [0, 0.1) is 5.92 Å². The maximum absolute atomic E-state index is 10.7. The second-order valence-electron chi connectivity index (χ2n) is 6.30. The third-order valence-corrected chi connectivity index (χ3v) is 3.93. The quantitative estimate of drug-likeness (QED) is 0.684. The minimum atomic E-state index is -0.848. The molecule has 25 heavy (non-hydrogen) atoms. The number of carbonyl (C=O) groups is 1. The monoisotopic (exact) mass is 362 g/mol. The van der Waals surface area contributed by atoms with Gasteiger partial charge in [-0.3, -0.25) is 4.79 Å². The van der Waals surface area contributed by atoms with Gasteiger partial charge in [0.1, 0.15) is 18.1 Å². The first-order valence-corrected chi connectivity index (χ1v) is 8.66. The van der Waals surface area contributed by atoms with Crippen molar-refractivity contribution >= 4 is 17.6 Å². The van der Waals surface area contributed by atoms with Crippen LogP contribution in [0.15, 0.2) is 42.5 Å². The molecule has 5 heteroatoms. The SMILES string of the molecule is CC(C)CCOc1ccc(COc2ccc(CC(=O)O)cc2)cc1Cl. The van der Waals surface area contributed by atoms with E-state index in [1.165, 1.54) is 0 Å². The van der Waals surface area contributed by atoms with Gasteiger partial charge in [0.25, 0.3) is 0 Å². The molecule has 0 aromatic heterocycles. The van der Waals surface area contributed by atoms with E-state index in [2.05, 4.69) is 13.8 Å². The Balaban J connectivity index is 1.88. The van der Waals surface area contributed by atoms with Gasteiger partial charge in [0.15, 0.2) is 0 Å². The molecule has 2 rings (SSSR count). The van der Waals surface area contributed by atoms with Gasteiger partial charge in [-0.1, -0.05) is 43.6 Å². The van der Waals surface area contributed by atoms with Crippen LogP contribution in [0.1, 0.15) is 31.4 Å². The Kier molecular flexibility index (Phi) is 7.14. The Hall–Kier alpha value is -2.20. The van der Waals surface area contributed by atoms with Crippen LogP contribution in [-0.2, 0) is 17.8 Å². The van der Waals surface area contributed by atoms with Gasteiger partial charge < -0.3 is 14.6 Å². The van der Waals surface area contributed by atoms with Gasteiger partial charge >= 0.3 is 5.97 Å². The molecule has 0 aliphatic heterocycles. The molecule has 134 valence electrons. The summed E-state index contributed by atoms with van der Waals surface area (Å²) in [5.74, 6) is 1.11. The molecule has 0 fully saturated rings. The van der Waals surface area contributed by atoms with Crippen molar-refractivity contribution in [3.63, 3.8) is 0 Å². The maximum Gasteiger partial charge on any atom is 0.307 e. The van der Waals surface area contributed by atoms with Gasteiger partial charge in [-0.05, 0) is 47.7 Å². The van der Waals surface area contributed by atoms with Crippen molar-refractivity contribution in [2.24, 2.45) is 5.92 Å². The zero-order valence-corrected chi connectivity index (χ0v) is 15.3. The number of rotatable bonds is 9. The zero-order valence-electron chi connectivity index (χ0n) is 14.5. The molecule has 2 aromatic rings. The predicted molar refractivity (Wildman–Crippen MR) is 98.5 cm³/mol. The molecular weight excluding hydrogens is 340 g/mol. The Bertz CT molecular complexity index is 695. The van der Waals surface area contributed by atoms with Crippen molar-refractivity contribution < 1.29 is 19.4 Å². The van der Waals surface area contributed by atoms with E-state index in [9.17, 15) is 4.79 Å². The van der Waals surface area contributed by atoms with Gasteiger partial charge in [0.2, 0.25) is 0 Å². The van der Waals surface area contributed by atoms with Crippen molar-refractivity contribution in [1.82, 2.24) is 0 Å². The normalized spacial score (nSPS) is 10.7. The minimum absolute atomic E-state index is 0.00809. The number of ether oxygens (including phenoxy) is 2. The third-order valence-electron chi connectivity index (χ3n) is 3.63. The highest BCUT2D eigenvalue weighted by molar-refractivity contribution is 6.32. The van der Waals surface area contributed by atoms with Crippen molar-refractivity contribution in [2.45, 2.75) is 33.3 Å². The average molecular weight is 363 g/mol. The lowest BCUT2D eigenvalue weighted by Crippen LogP contribution is -2.02. The van der Waals surface area contributed by atoms with Crippen LogP contribution >= 0.6 is 11.6 Å². The van der Waals surface area contributed by atoms with Crippen LogP contribution < -0.4 is 9.47 Å². The summed E-state index contributed by atoms with van der Waals surface area (Å²) in [6.45, 7) is 5.33. The molecule has 0 atom stereocenters. The number of aliphatic carboxylic acids is 1. The molecule has 0 spiro atoms. The predicted octanol–water partition coefficient (Wildman–Crippen LogP) is 4.97. The van der Waals surface area contributed by atoms with Crippen molar-refractivity contribution in [2.75, 3.05) is 6.61 Å². The Morgan fingerprint density at radius 1 is 1.08 bits per heavy atom. The van der Waals surface area contributed by atoms with Gasteiger partial charge in [-0.2, -0.15) is 0 Å². The number of benzene rings is 2. The van der Waals surface area contributed by atoms with Gasteiger partial charge in [-0.25, -0.2) is 0 Å². The molecule has 1 N–H and O–H groups in total. The molecule has 0 saturated carbocycles. The largest absolute Gasteiger partial charge is 0.492 e. The van der Waals surface area contributed by atoms with E-state index in [0.717, 1.165) is 17.5 Å². The number of carboxylic acid groups (broad SMARTS) is 1. The summed E-state index contributed by atoms with van der Waals surface area (Å²) in [7, 11) is 0. The topological polar surface area (TPSA) is 55.8 Å². The molecule has 4 nitrogen and oxygen atoms in total. The molecular formula is C20H23ClO4. The van der Waals surface area contributed by atoms with E-state index < -0.39 is 5.97 Å². The number of hydrogen-bond acceptors (Lipinski definition) is 3. The van der Waals surface area contributed by atoms with Crippen LogP contribution in [0.25, 0.3) is 0 Å².